The van der Waals surface area contributed by atoms with Gasteiger partial charge in [0.05, 0.1) is 11.4 Å². The third-order valence-electron chi connectivity index (χ3n) is 4.81. The second kappa shape index (κ2) is 7.64. The summed E-state index contributed by atoms with van der Waals surface area (Å²) in [4.78, 5) is 6.04. The van der Waals surface area contributed by atoms with Gasteiger partial charge in [0, 0.05) is 44.6 Å². The molecule has 0 unspecified atom stereocenters. The number of hydrogen-bond donors (Lipinski definition) is 0. The SMILES string of the molecule is O=S(=O)(c1ccc2c(c1)OCCO2)N1CCN(Cc2nccn2C(F)F)CC1. The average molecular weight is 414 g/mol. The van der Waals surface area contributed by atoms with Crippen molar-refractivity contribution in [2.24, 2.45) is 0 Å². The first-order valence-electron chi connectivity index (χ1n) is 8.87. The molecule has 0 atom stereocenters. The van der Waals surface area contributed by atoms with E-state index < -0.39 is 16.6 Å². The first kappa shape index (κ1) is 19.1. The molecular weight excluding hydrogens is 394 g/mol. The minimum Gasteiger partial charge on any atom is -0.486 e. The predicted molar refractivity (Wildman–Crippen MR) is 94.9 cm³/mol. The third kappa shape index (κ3) is 3.69. The van der Waals surface area contributed by atoms with Crippen LogP contribution in [0.15, 0.2) is 35.5 Å². The van der Waals surface area contributed by atoms with Crippen molar-refractivity contribution >= 4 is 10.0 Å². The molecule has 0 spiro atoms. The molecule has 0 amide bonds. The van der Waals surface area contributed by atoms with Crippen molar-refractivity contribution in [2.75, 3.05) is 39.4 Å². The first-order chi connectivity index (χ1) is 13.4. The highest BCUT2D eigenvalue weighted by Gasteiger charge is 2.30. The summed E-state index contributed by atoms with van der Waals surface area (Å²) >= 11 is 0. The number of fused-ring (bicyclic) bond motifs is 1. The predicted octanol–water partition coefficient (Wildman–Crippen LogP) is 1.56. The Kier molecular flexibility index (Phi) is 5.21. The monoisotopic (exact) mass is 414 g/mol. The average Bonchev–Trinajstić information content (AvgIpc) is 3.16. The molecule has 0 bridgehead atoms. The molecule has 1 fully saturated rings. The van der Waals surface area contributed by atoms with Crippen LogP contribution in [0.1, 0.15) is 12.4 Å². The third-order valence-corrected chi connectivity index (χ3v) is 6.70. The largest absolute Gasteiger partial charge is 0.486 e. The zero-order valence-corrected chi connectivity index (χ0v) is 15.8. The molecule has 1 aromatic heterocycles. The van der Waals surface area contributed by atoms with Gasteiger partial charge in [0.15, 0.2) is 11.5 Å². The first-order valence-corrected chi connectivity index (χ1v) is 10.3. The number of hydrogen-bond acceptors (Lipinski definition) is 6. The van der Waals surface area contributed by atoms with Crippen molar-refractivity contribution in [3.8, 4) is 11.5 Å². The van der Waals surface area contributed by atoms with Gasteiger partial charge in [-0.2, -0.15) is 13.1 Å². The van der Waals surface area contributed by atoms with Crippen molar-refractivity contribution in [3.05, 3.63) is 36.4 Å². The molecule has 1 saturated heterocycles. The summed E-state index contributed by atoms with van der Waals surface area (Å²) < 4.78 is 64.9. The molecule has 0 N–H and O–H groups in total. The van der Waals surface area contributed by atoms with Gasteiger partial charge in [-0.1, -0.05) is 0 Å². The number of piperazine rings is 1. The maximum absolute atomic E-state index is 12.9. The van der Waals surface area contributed by atoms with Crippen LogP contribution in [0.3, 0.4) is 0 Å². The fourth-order valence-electron chi connectivity index (χ4n) is 3.31. The number of imidazole rings is 1. The van der Waals surface area contributed by atoms with E-state index in [1.807, 2.05) is 4.90 Å². The smallest absolute Gasteiger partial charge is 0.319 e. The fraction of sp³-hybridized carbons (Fsp3) is 0.471. The van der Waals surface area contributed by atoms with Gasteiger partial charge in [-0.15, -0.1) is 0 Å². The number of nitrogens with zero attached hydrogens (tertiary/aromatic N) is 4. The summed E-state index contributed by atoms with van der Waals surface area (Å²) in [6.45, 7) is -0.184. The lowest BCUT2D eigenvalue weighted by Crippen LogP contribution is -2.48. The maximum atomic E-state index is 12.9. The van der Waals surface area contributed by atoms with Gasteiger partial charge >= 0.3 is 6.55 Å². The van der Waals surface area contributed by atoms with Gasteiger partial charge in [0.2, 0.25) is 10.0 Å². The van der Waals surface area contributed by atoms with Crippen molar-refractivity contribution in [2.45, 2.75) is 18.0 Å². The van der Waals surface area contributed by atoms with Gasteiger partial charge in [-0.05, 0) is 12.1 Å². The van der Waals surface area contributed by atoms with Gasteiger partial charge < -0.3 is 9.47 Å². The zero-order chi connectivity index (χ0) is 19.7. The Labute approximate surface area is 161 Å². The maximum Gasteiger partial charge on any atom is 0.319 e. The number of ether oxygens (including phenoxy) is 2. The second-order valence-electron chi connectivity index (χ2n) is 6.51. The lowest BCUT2D eigenvalue weighted by Gasteiger charge is -2.33. The molecular formula is C17H20F2N4O4S. The van der Waals surface area contributed by atoms with Crippen LogP contribution in [0.25, 0.3) is 0 Å². The van der Waals surface area contributed by atoms with E-state index in [0.717, 1.165) is 4.57 Å². The lowest BCUT2D eigenvalue weighted by atomic mass is 10.3. The van der Waals surface area contributed by atoms with E-state index in [-0.39, 0.29) is 30.4 Å². The topological polar surface area (TPSA) is 76.9 Å². The molecule has 0 aliphatic carbocycles. The second-order valence-corrected chi connectivity index (χ2v) is 8.45. The van der Waals surface area contributed by atoms with Gasteiger partial charge in [-0.25, -0.2) is 13.4 Å². The highest BCUT2D eigenvalue weighted by atomic mass is 32.2. The molecule has 1 aromatic carbocycles. The van der Waals surface area contributed by atoms with Gasteiger partial charge in [-0.3, -0.25) is 9.47 Å². The number of alkyl halides is 2. The number of sulfonamides is 1. The number of rotatable bonds is 5. The van der Waals surface area contributed by atoms with E-state index in [0.29, 0.717) is 37.8 Å². The summed E-state index contributed by atoms with van der Waals surface area (Å²) in [5.41, 5.74) is 0. The number of halogens is 2. The van der Waals surface area contributed by atoms with E-state index in [4.69, 9.17) is 9.47 Å². The van der Waals surface area contributed by atoms with Crippen LogP contribution in [-0.4, -0.2) is 66.6 Å². The molecule has 4 rings (SSSR count). The molecule has 0 saturated carbocycles. The normalized spacial score (nSPS) is 18.5. The van der Waals surface area contributed by atoms with Crippen LogP contribution in [0.4, 0.5) is 8.78 Å². The Morgan fingerprint density at radius 3 is 2.50 bits per heavy atom. The minimum atomic E-state index is -3.67. The van der Waals surface area contributed by atoms with Crippen molar-refractivity contribution < 1.29 is 26.7 Å². The molecule has 28 heavy (non-hydrogen) atoms. The Bertz CT molecular complexity index is 942. The highest BCUT2D eigenvalue weighted by Crippen LogP contribution is 2.33. The van der Waals surface area contributed by atoms with Crippen molar-refractivity contribution in [1.29, 1.82) is 0 Å². The number of benzene rings is 1. The lowest BCUT2D eigenvalue weighted by molar-refractivity contribution is 0.0626. The van der Waals surface area contributed by atoms with Crippen LogP contribution in [-0.2, 0) is 16.6 Å². The molecule has 2 aliphatic rings. The summed E-state index contributed by atoms with van der Waals surface area (Å²) in [6.07, 6.45) is 2.58. The molecule has 2 aliphatic heterocycles. The van der Waals surface area contributed by atoms with Gasteiger partial charge in [0.25, 0.3) is 0 Å². The Balaban J connectivity index is 1.42. The highest BCUT2D eigenvalue weighted by molar-refractivity contribution is 7.89. The molecule has 3 heterocycles. The van der Waals surface area contributed by atoms with Crippen LogP contribution in [0.5, 0.6) is 11.5 Å². The Morgan fingerprint density at radius 2 is 1.79 bits per heavy atom. The minimum absolute atomic E-state index is 0.151. The van der Waals surface area contributed by atoms with E-state index >= 15 is 0 Å². The summed E-state index contributed by atoms with van der Waals surface area (Å²) in [5.74, 6) is 1.22. The molecule has 0 radical (unpaired) electrons. The quantitative estimate of drug-likeness (QED) is 0.739. The standard InChI is InChI=1S/C17H20F2N4O4S/c18-17(19)23-4-3-20-16(23)12-21-5-7-22(8-6-21)28(24,25)13-1-2-14-15(11-13)27-10-9-26-14/h1-4,11,17H,5-10,12H2. The van der Waals surface area contributed by atoms with E-state index in [1.54, 1.807) is 6.07 Å². The van der Waals surface area contributed by atoms with Crippen LogP contribution < -0.4 is 9.47 Å². The fourth-order valence-corrected chi connectivity index (χ4v) is 4.74. The van der Waals surface area contributed by atoms with Crippen molar-refractivity contribution in [1.82, 2.24) is 18.8 Å². The number of aromatic nitrogens is 2. The summed E-state index contributed by atoms with van der Waals surface area (Å²) in [7, 11) is -3.67. The van der Waals surface area contributed by atoms with Crippen LogP contribution in [0.2, 0.25) is 0 Å². The Hall–Kier alpha value is -2.24. The van der Waals surface area contributed by atoms with Crippen LogP contribution in [0, 0.1) is 0 Å². The van der Waals surface area contributed by atoms with Crippen LogP contribution >= 0.6 is 0 Å². The van der Waals surface area contributed by atoms with Crippen molar-refractivity contribution in [3.63, 3.8) is 0 Å². The molecule has 11 heteroatoms. The summed E-state index contributed by atoms with van der Waals surface area (Å²) in [6, 6.07) is 4.59. The van der Waals surface area contributed by atoms with E-state index in [9.17, 15) is 17.2 Å². The molecule has 152 valence electrons. The van der Waals surface area contributed by atoms with Gasteiger partial charge in [0.1, 0.15) is 19.0 Å². The van der Waals surface area contributed by atoms with E-state index in [1.165, 1.54) is 28.8 Å². The zero-order valence-electron chi connectivity index (χ0n) is 15.0. The molecule has 2 aromatic rings. The molecule has 8 nitrogen and oxygen atoms in total. The Morgan fingerprint density at radius 1 is 1.07 bits per heavy atom. The summed E-state index contributed by atoms with van der Waals surface area (Å²) in [5, 5.41) is 0. The van der Waals surface area contributed by atoms with E-state index in [2.05, 4.69) is 4.98 Å².